The van der Waals surface area contributed by atoms with Gasteiger partial charge in [-0.2, -0.15) is 4.98 Å². The quantitative estimate of drug-likeness (QED) is 0.530. The van der Waals surface area contributed by atoms with Gasteiger partial charge in [-0.1, -0.05) is 12.1 Å². The van der Waals surface area contributed by atoms with Crippen molar-refractivity contribution in [2.75, 3.05) is 5.32 Å². The minimum absolute atomic E-state index is 0.0227. The normalized spacial score (nSPS) is 10.9. The molecule has 2 aromatic heterocycles. The van der Waals surface area contributed by atoms with Gasteiger partial charge in [0.1, 0.15) is 11.6 Å². The molecule has 1 amide bonds. The SMILES string of the molecule is Cc1cc(NC(=O)c2ccccc2F)cc(-c2nc3ncccc3o2)c1O. The second-order valence-corrected chi connectivity index (χ2v) is 5.97. The summed E-state index contributed by atoms with van der Waals surface area (Å²) in [6.45, 7) is 1.68. The van der Waals surface area contributed by atoms with Crippen LogP contribution in [0.15, 0.2) is 59.1 Å². The van der Waals surface area contributed by atoms with Crippen LogP contribution in [0.3, 0.4) is 0 Å². The first-order valence-electron chi connectivity index (χ1n) is 8.14. The van der Waals surface area contributed by atoms with Crippen LogP contribution in [-0.4, -0.2) is 21.0 Å². The van der Waals surface area contributed by atoms with Gasteiger partial charge < -0.3 is 14.8 Å². The van der Waals surface area contributed by atoms with E-state index in [2.05, 4.69) is 15.3 Å². The number of aromatic nitrogens is 2. The van der Waals surface area contributed by atoms with Gasteiger partial charge in [0.15, 0.2) is 11.2 Å². The van der Waals surface area contributed by atoms with E-state index < -0.39 is 11.7 Å². The van der Waals surface area contributed by atoms with E-state index >= 15 is 0 Å². The lowest BCUT2D eigenvalue weighted by molar-refractivity contribution is 0.102. The maximum absolute atomic E-state index is 13.8. The molecule has 0 unspecified atom stereocenters. The number of nitrogens with zero attached hydrogens (tertiary/aromatic N) is 2. The number of carbonyl (C=O) groups is 1. The number of amides is 1. The van der Waals surface area contributed by atoms with Crippen LogP contribution in [-0.2, 0) is 0 Å². The van der Waals surface area contributed by atoms with E-state index in [1.165, 1.54) is 24.3 Å². The topological polar surface area (TPSA) is 88.3 Å². The molecule has 0 fully saturated rings. The standard InChI is InChI=1S/C20H14FN3O3/c1-11-9-12(23-19(26)13-5-2-3-6-15(13)21)10-14(17(11)25)20-24-18-16(27-20)7-4-8-22-18/h2-10,25H,1H3,(H,23,26). The van der Waals surface area contributed by atoms with E-state index in [1.54, 1.807) is 37.4 Å². The van der Waals surface area contributed by atoms with Crippen molar-refractivity contribution < 1.29 is 18.7 Å². The van der Waals surface area contributed by atoms with E-state index in [4.69, 9.17) is 4.42 Å². The molecular formula is C20H14FN3O3. The highest BCUT2D eigenvalue weighted by atomic mass is 19.1. The fourth-order valence-electron chi connectivity index (χ4n) is 2.74. The number of halogens is 1. The predicted octanol–water partition coefficient (Wildman–Crippen LogP) is 4.30. The molecule has 6 nitrogen and oxygen atoms in total. The van der Waals surface area contributed by atoms with Crippen LogP contribution >= 0.6 is 0 Å². The number of nitrogens with one attached hydrogen (secondary N) is 1. The molecule has 0 saturated heterocycles. The van der Waals surface area contributed by atoms with E-state index in [0.717, 1.165) is 0 Å². The molecule has 27 heavy (non-hydrogen) atoms. The highest BCUT2D eigenvalue weighted by molar-refractivity contribution is 6.04. The second-order valence-electron chi connectivity index (χ2n) is 5.97. The first-order valence-corrected chi connectivity index (χ1v) is 8.14. The van der Waals surface area contributed by atoms with Crippen LogP contribution in [0.25, 0.3) is 22.7 Å². The molecule has 0 aliphatic carbocycles. The van der Waals surface area contributed by atoms with Crippen molar-refractivity contribution in [3.8, 4) is 17.2 Å². The fraction of sp³-hybridized carbons (Fsp3) is 0.0500. The molecule has 2 heterocycles. The highest BCUT2D eigenvalue weighted by Crippen LogP contribution is 2.35. The summed E-state index contributed by atoms with van der Waals surface area (Å²) in [5.74, 6) is -1.06. The van der Waals surface area contributed by atoms with Crippen molar-refractivity contribution in [3.63, 3.8) is 0 Å². The summed E-state index contributed by atoms with van der Waals surface area (Å²) < 4.78 is 19.5. The van der Waals surface area contributed by atoms with Gasteiger partial charge in [0.2, 0.25) is 5.89 Å². The zero-order valence-electron chi connectivity index (χ0n) is 14.2. The average Bonchev–Trinajstić information content (AvgIpc) is 3.08. The summed E-state index contributed by atoms with van der Waals surface area (Å²) in [5.41, 5.74) is 2.00. The number of benzene rings is 2. The number of pyridine rings is 1. The third-order valence-electron chi connectivity index (χ3n) is 4.07. The van der Waals surface area contributed by atoms with Crippen LogP contribution < -0.4 is 5.32 Å². The largest absolute Gasteiger partial charge is 0.507 e. The summed E-state index contributed by atoms with van der Waals surface area (Å²) in [6.07, 6.45) is 1.59. The van der Waals surface area contributed by atoms with Crippen LogP contribution in [0.1, 0.15) is 15.9 Å². The van der Waals surface area contributed by atoms with Gasteiger partial charge in [-0.15, -0.1) is 0 Å². The molecule has 0 aliphatic rings. The molecule has 2 aromatic carbocycles. The fourth-order valence-corrected chi connectivity index (χ4v) is 2.74. The minimum atomic E-state index is -0.615. The Morgan fingerprint density at radius 2 is 2.00 bits per heavy atom. The number of anilines is 1. The lowest BCUT2D eigenvalue weighted by atomic mass is 10.1. The van der Waals surface area contributed by atoms with Crippen molar-refractivity contribution in [2.45, 2.75) is 6.92 Å². The highest BCUT2D eigenvalue weighted by Gasteiger charge is 2.18. The van der Waals surface area contributed by atoms with Crippen LogP contribution in [0.4, 0.5) is 10.1 Å². The molecular weight excluding hydrogens is 349 g/mol. The maximum Gasteiger partial charge on any atom is 0.258 e. The summed E-state index contributed by atoms with van der Waals surface area (Å²) in [7, 11) is 0. The number of hydrogen-bond donors (Lipinski definition) is 2. The molecule has 4 rings (SSSR count). The lowest BCUT2D eigenvalue weighted by Gasteiger charge is -2.10. The Morgan fingerprint density at radius 1 is 1.19 bits per heavy atom. The van der Waals surface area contributed by atoms with Gasteiger partial charge in [0, 0.05) is 11.9 Å². The first kappa shape index (κ1) is 16.7. The molecule has 0 spiro atoms. The molecule has 7 heteroatoms. The number of oxazole rings is 1. The Kier molecular flexibility index (Phi) is 4.04. The Bertz CT molecular complexity index is 1140. The van der Waals surface area contributed by atoms with Gasteiger partial charge >= 0.3 is 0 Å². The van der Waals surface area contributed by atoms with Gasteiger partial charge in [0.05, 0.1) is 11.1 Å². The van der Waals surface area contributed by atoms with Crippen molar-refractivity contribution in [1.29, 1.82) is 0 Å². The van der Waals surface area contributed by atoms with E-state index in [1.807, 2.05) is 0 Å². The number of hydrogen-bond acceptors (Lipinski definition) is 5. The van der Waals surface area contributed by atoms with Gasteiger partial charge in [-0.3, -0.25) is 4.79 Å². The lowest BCUT2D eigenvalue weighted by Crippen LogP contribution is -2.13. The van der Waals surface area contributed by atoms with E-state index in [0.29, 0.717) is 28.0 Å². The monoisotopic (exact) mass is 363 g/mol. The number of carbonyl (C=O) groups excluding carboxylic acids is 1. The molecule has 0 atom stereocenters. The Morgan fingerprint density at radius 3 is 2.78 bits per heavy atom. The van der Waals surface area contributed by atoms with E-state index in [-0.39, 0.29) is 17.2 Å². The summed E-state index contributed by atoms with van der Waals surface area (Å²) >= 11 is 0. The molecule has 0 bridgehead atoms. The molecule has 0 radical (unpaired) electrons. The number of fused-ring (bicyclic) bond motifs is 1. The van der Waals surface area contributed by atoms with Crippen LogP contribution in [0.2, 0.25) is 0 Å². The van der Waals surface area contributed by atoms with Crippen molar-refractivity contribution in [2.24, 2.45) is 0 Å². The van der Waals surface area contributed by atoms with Gasteiger partial charge in [0.25, 0.3) is 5.91 Å². The zero-order valence-corrected chi connectivity index (χ0v) is 14.2. The maximum atomic E-state index is 13.8. The molecule has 4 aromatic rings. The number of phenols is 1. The molecule has 134 valence electrons. The van der Waals surface area contributed by atoms with Gasteiger partial charge in [-0.05, 0) is 48.9 Å². The molecule has 0 saturated carbocycles. The third kappa shape index (κ3) is 3.10. The number of aromatic hydroxyl groups is 1. The average molecular weight is 363 g/mol. The number of aryl methyl sites for hydroxylation is 1. The first-order chi connectivity index (χ1) is 13.0. The summed E-state index contributed by atoms with van der Waals surface area (Å²) in [4.78, 5) is 20.7. The Hall–Kier alpha value is -3.74. The van der Waals surface area contributed by atoms with Gasteiger partial charge in [-0.25, -0.2) is 9.37 Å². The summed E-state index contributed by atoms with van der Waals surface area (Å²) in [6, 6.07) is 12.2. The predicted molar refractivity (Wildman–Crippen MR) is 98.0 cm³/mol. The number of rotatable bonds is 3. The Labute approximate surface area is 153 Å². The van der Waals surface area contributed by atoms with Crippen LogP contribution in [0, 0.1) is 12.7 Å². The zero-order chi connectivity index (χ0) is 19.0. The summed E-state index contributed by atoms with van der Waals surface area (Å²) in [5, 5.41) is 13.0. The smallest absolute Gasteiger partial charge is 0.258 e. The van der Waals surface area contributed by atoms with E-state index in [9.17, 15) is 14.3 Å². The molecule has 0 aliphatic heterocycles. The van der Waals surface area contributed by atoms with Crippen molar-refractivity contribution in [1.82, 2.24) is 9.97 Å². The van der Waals surface area contributed by atoms with Crippen molar-refractivity contribution >= 4 is 22.8 Å². The molecule has 2 N–H and O–H groups in total. The van der Waals surface area contributed by atoms with Crippen molar-refractivity contribution in [3.05, 3.63) is 71.7 Å². The Balaban J connectivity index is 1.73. The van der Waals surface area contributed by atoms with Crippen LogP contribution in [0.5, 0.6) is 5.75 Å². The third-order valence-corrected chi connectivity index (χ3v) is 4.07. The number of phenolic OH excluding ortho intramolecular Hbond substituents is 1. The minimum Gasteiger partial charge on any atom is -0.507 e. The second kappa shape index (κ2) is 6.53.